The van der Waals surface area contributed by atoms with Crippen LogP contribution in [0.2, 0.25) is 0 Å². The fourth-order valence-electron chi connectivity index (χ4n) is 1.63. The standard InChI is InChI=1S/C9H18NO2S/c1-9-3-6-10(7-4-9)5-2-8-13(11)12/h9,13H,1-8H2. The molecule has 0 atom stereocenters. The Labute approximate surface area is 82.1 Å². The van der Waals surface area contributed by atoms with Crippen LogP contribution in [0.25, 0.3) is 0 Å². The van der Waals surface area contributed by atoms with Gasteiger partial charge in [0.1, 0.15) is 10.7 Å². The first-order valence-corrected chi connectivity index (χ1v) is 6.22. The van der Waals surface area contributed by atoms with Crippen LogP contribution in [0.5, 0.6) is 0 Å². The Morgan fingerprint density at radius 3 is 2.46 bits per heavy atom. The molecule has 1 heterocycles. The zero-order valence-corrected chi connectivity index (χ0v) is 8.84. The predicted octanol–water partition coefficient (Wildman–Crippen LogP) is 0.534. The van der Waals surface area contributed by atoms with Gasteiger partial charge >= 0.3 is 0 Å². The number of likely N-dealkylation sites (tertiary alicyclic amines) is 1. The summed E-state index contributed by atoms with van der Waals surface area (Å²) in [5.41, 5.74) is 0. The molecule has 0 aromatic rings. The molecule has 0 aromatic heterocycles. The maximum atomic E-state index is 10.3. The average molecular weight is 204 g/mol. The second kappa shape index (κ2) is 5.60. The molecule has 0 N–H and O–H groups in total. The van der Waals surface area contributed by atoms with Crippen molar-refractivity contribution in [3.8, 4) is 0 Å². The normalized spacial score (nSPS) is 21.1. The van der Waals surface area contributed by atoms with Crippen molar-refractivity contribution < 1.29 is 8.42 Å². The minimum absolute atomic E-state index is 0.333. The molecule has 3 nitrogen and oxygen atoms in total. The fourth-order valence-corrected chi connectivity index (χ4v) is 2.03. The third-order valence-corrected chi connectivity index (χ3v) is 3.20. The van der Waals surface area contributed by atoms with Gasteiger partial charge in [-0.3, -0.25) is 0 Å². The molecule has 1 aliphatic heterocycles. The predicted molar refractivity (Wildman–Crippen MR) is 54.3 cm³/mol. The Hall–Kier alpha value is -0.0900. The summed E-state index contributed by atoms with van der Waals surface area (Å²) in [5.74, 6) is 0.937. The Morgan fingerprint density at radius 2 is 1.92 bits per heavy atom. The number of piperidine rings is 1. The molecule has 0 spiro atoms. The van der Waals surface area contributed by atoms with Gasteiger partial charge in [-0.1, -0.05) is 6.92 Å². The topological polar surface area (TPSA) is 37.4 Å². The number of thiol groups is 1. The monoisotopic (exact) mass is 204 g/mol. The van der Waals surface area contributed by atoms with Gasteiger partial charge in [-0.2, -0.15) is 0 Å². The van der Waals surface area contributed by atoms with Crippen molar-refractivity contribution in [2.24, 2.45) is 5.92 Å². The van der Waals surface area contributed by atoms with E-state index in [0.717, 1.165) is 38.9 Å². The van der Waals surface area contributed by atoms with Crippen molar-refractivity contribution in [2.45, 2.75) is 19.3 Å². The van der Waals surface area contributed by atoms with Gasteiger partial charge in [-0.25, -0.2) is 8.42 Å². The third kappa shape index (κ3) is 4.62. The summed E-state index contributed by atoms with van der Waals surface area (Å²) in [5, 5.41) is 0. The van der Waals surface area contributed by atoms with Gasteiger partial charge in [0.2, 0.25) is 0 Å². The van der Waals surface area contributed by atoms with Crippen LogP contribution >= 0.6 is 0 Å². The molecule has 13 heavy (non-hydrogen) atoms. The van der Waals surface area contributed by atoms with E-state index >= 15 is 0 Å². The lowest BCUT2D eigenvalue weighted by Gasteiger charge is -2.29. The van der Waals surface area contributed by atoms with Gasteiger partial charge in [0.15, 0.2) is 0 Å². The Kier molecular flexibility index (Phi) is 4.73. The number of nitrogens with zero attached hydrogens (tertiary/aromatic N) is 1. The molecule has 0 saturated carbocycles. The molecule has 0 bridgehead atoms. The second-order valence-electron chi connectivity index (χ2n) is 3.69. The van der Waals surface area contributed by atoms with Crippen molar-refractivity contribution in [1.29, 1.82) is 0 Å². The highest BCUT2D eigenvalue weighted by atomic mass is 32.2. The van der Waals surface area contributed by atoms with E-state index in [9.17, 15) is 8.42 Å². The number of hydrogen-bond acceptors (Lipinski definition) is 3. The summed E-state index contributed by atoms with van der Waals surface area (Å²) < 4.78 is 20.6. The van der Waals surface area contributed by atoms with Gasteiger partial charge in [0.05, 0.1) is 0 Å². The summed E-state index contributed by atoms with van der Waals surface area (Å²) in [7, 11) is -2.18. The van der Waals surface area contributed by atoms with Crippen LogP contribution in [0.3, 0.4) is 0 Å². The molecule has 0 unspecified atom stereocenters. The van der Waals surface area contributed by atoms with E-state index in [-0.39, 0.29) is 0 Å². The van der Waals surface area contributed by atoms with Crippen molar-refractivity contribution in [2.75, 3.05) is 25.4 Å². The maximum absolute atomic E-state index is 10.3. The fraction of sp³-hybridized carbons (Fsp3) is 0.889. The zero-order chi connectivity index (χ0) is 9.68. The molecule has 1 saturated heterocycles. The summed E-state index contributed by atoms with van der Waals surface area (Å²) in [6, 6.07) is 0. The minimum Gasteiger partial charge on any atom is -0.303 e. The third-order valence-electron chi connectivity index (χ3n) is 2.52. The van der Waals surface area contributed by atoms with Crippen molar-refractivity contribution in [3.05, 3.63) is 6.92 Å². The van der Waals surface area contributed by atoms with Crippen LogP contribution in [0.15, 0.2) is 0 Å². The molecule has 0 amide bonds. The Balaban J connectivity index is 2.09. The summed E-state index contributed by atoms with van der Waals surface area (Å²) >= 11 is 0. The molecule has 0 aliphatic carbocycles. The van der Waals surface area contributed by atoms with Crippen molar-refractivity contribution in [1.82, 2.24) is 4.90 Å². The molecule has 1 aliphatic rings. The van der Waals surface area contributed by atoms with E-state index in [1.165, 1.54) is 0 Å². The van der Waals surface area contributed by atoms with E-state index in [4.69, 9.17) is 0 Å². The number of rotatable bonds is 4. The summed E-state index contributed by atoms with van der Waals surface area (Å²) in [6.07, 6.45) is 3.09. The van der Waals surface area contributed by atoms with E-state index in [1.54, 1.807) is 0 Å². The quantitative estimate of drug-likeness (QED) is 0.679. The highest BCUT2D eigenvalue weighted by Gasteiger charge is 2.14. The highest BCUT2D eigenvalue weighted by molar-refractivity contribution is 7.72. The number of hydrogen-bond donors (Lipinski definition) is 1. The molecule has 1 rings (SSSR count). The molecular weight excluding hydrogens is 186 g/mol. The van der Waals surface area contributed by atoms with Crippen LogP contribution in [0.1, 0.15) is 19.3 Å². The molecule has 4 heteroatoms. The summed E-state index contributed by atoms with van der Waals surface area (Å²) in [4.78, 5) is 2.33. The minimum atomic E-state index is -2.18. The Bertz CT molecular complexity index is 200. The van der Waals surface area contributed by atoms with Crippen LogP contribution in [-0.4, -0.2) is 38.7 Å². The van der Waals surface area contributed by atoms with Crippen LogP contribution in [0, 0.1) is 12.8 Å². The largest absolute Gasteiger partial charge is 0.303 e. The second-order valence-corrected chi connectivity index (χ2v) is 4.81. The van der Waals surface area contributed by atoms with Gasteiger partial charge in [0.25, 0.3) is 0 Å². The van der Waals surface area contributed by atoms with E-state index in [1.807, 2.05) is 0 Å². The van der Waals surface area contributed by atoms with E-state index < -0.39 is 10.7 Å². The molecule has 77 valence electrons. The van der Waals surface area contributed by atoms with E-state index in [0.29, 0.717) is 11.7 Å². The molecule has 0 aromatic carbocycles. The van der Waals surface area contributed by atoms with Crippen molar-refractivity contribution >= 4 is 10.7 Å². The summed E-state index contributed by atoms with van der Waals surface area (Å²) in [6.45, 7) is 7.12. The molecular formula is C9H18NO2S. The highest BCUT2D eigenvalue weighted by Crippen LogP contribution is 2.15. The lowest BCUT2D eigenvalue weighted by atomic mass is 9.99. The smallest absolute Gasteiger partial charge is 0.140 e. The van der Waals surface area contributed by atoms with Crippen LogP contribution in [-0.2, 0) is 10.7 Å². The average Bonchev–Trinajstić information content (AvgIpc) is 2.08. The first-order chi connectivity index (χ1) is 6.18. The first-order valence-electron chi connectivity index (χ1n) is 4.85. The SMILES string of the molecule is [CH2]C1CCN(CCC[SH](=O)=O)CC1. The van der Waals surface area contributed by atoms with E-state index in [2.05, 4.69) is 11.8 Å². The maximum Gasteiger partial charge on any atom is 0.140 e. The van der Waals surface area contributed by atoms with Gasteiger partial charge in [0, 0.05) is 5.75 Å². The van der Waals surface area contributed by atoms with Crippen LogP contribution in [0.4, 0.5) is 0 Å². The van der Waals surface area contributed by atoms with Gasteiger partial charge < -0.3 is 4.90 Å². The Morgan fingerprint density at radius 1 is 1.31 bits per heavy atom. The lowest BCUT2D eigenvalue weighted by Crippen LogP contribution is -2.34. The lowest BCUT2D eigenvalue weighted by molar-refractivity contribution is 0.203. The van der Waals surface area contributed by atoms with Crippen molar-refractivity contribution in [3.63, 3.8) is 0 Å². The first kappa shape index (κ1) is 11.0. The van der Waals surface area contributed by atoms with Gasteiger partial charge in [-0.15, -0.1) is 0 Å². The zero-order valence-electron chi connectivity index (χ0n) is 7.95. The molecule has 1 fully saturated rings. The molecule has 1 radical (unpaired) electrons. The van der Waals surface area contributed by atoms with Crippen LogP contribution < -0.4 is 0 Å². The van der Waals surface area contributed by atoms with Gasteiger partial charge in [-0.05, 0) is 44.8 Å².